The number of aromatic nitrogens is 6. The molecular formula is C26H30F2N8O3. The molecular weight excluding hydrogens is 510 g/mol. The summed E-state index contributed by atoms with van der Waals surface area (Å²) >= 11 is 0. The zero-order valence-corrected chi connectivity index (χ0v) is 22.0. The Kier molecular flexibility index (Phi) is 6.32. The molecule has 13 heteroatoms. The van der Waals surface area contributed by atoms with Crippen molar-refractivity contribution in [1.82, 2.24) is 34.0 Å². The highest BCUT2D eigenvalue weighted by Crippen LogP contribution is 2.33. The Morgan fingerprint density at radius 1 is 1.10 bits per heavy atom. The van der Waals surface area contributed by atoms with Crippen LogP contribution in [0.15, 0.2) is 30.6 Å². The van der Waals surface area contributed by atoms with Crippen LogP contribution in [0.3, 0.4) is 0 Å². The molecule has 39 heavy (non-hydrogen) atoms. The highest BCUT2D eigenvalue weighted by atomic mass is 19.3. The van der Waals surface area contributed by atoms with Gasteiger partial charge < -0.3 is 23.8 Å². The Hall–Kier alpha value is -3.87. The molecule has 206 valence electrons. The SMILES string of the molecule is CC(C)(C)OC(=O)N1CC[C@H](n2cnc3c(-n4c(C(F)F)nc5ccccc54)nc(N4CCOCC4)nc32)C1. The van der Waals surface area contributed by atoms with E-state index in [0.29, 0.717) is 74.0 Å². The second-order valence-corrected chi connectivity index (χ2v) is 10.7. The normalized spacial score (nSPS) is 18.6. The number of para-hydroxylation sites is 2. The minimum Gasteiger partial charge on any atom is -0.444 e. The van der Waals surface area contributed by atoms with Crippen LogP contribution in [0.5, 0.6) is 0 Å². The quantitative estimate of drug-likeness (QED) is 0.381. The van der Waals surface area contributed by atoms with E-state index >= 15 is 0 Å². The number of rotatable bonds is 4. The van der Waals surface area contributed by atoms with Gasteiger partial charge in [0.2, 0.25) is 5.95 Å². The van der Waals surface area contributed by atoms with Crippen LogP contribution in [0.25, 0.3) is 28.0 Å². The van der Waals surface area contributed by atoms with Crippen molar-refractivity contribution in [2.75, 3.05) is 44.3 Å². The van der Waals surface area contributed by atoms with Gasteiger partial charge in [-0.05, 0) is 39.3 Å². The monoisotopic (exact) mass is 540 g/mol. The van der Waals surface area contributed by atoms with Crippen molar-refractivity contribution in [3.05, 3.63) is 36.4 Å². The van der Waals surface area contributed by atoms with Gasteiger partial charge in [-0.1, -0.05) is 12.1 Å². The smallest absolute Gasteiger partial charge is 0.410 e. The van der Waals surface area contributed by atoms with Crippen LogP contribution in [0.4, 0.5) is 19.5 Å². The van der Waals surface area contributed by atoms with Crippen molar-refractivity contribution in [3.8, 4) is 5.82 Å². The average Bonchev–Trinajstić information content (AvgIpc) is 3.64. The summed E-state index contributed by atoms with van der Waals surface area (Å²) in [7, 11) is 0. The maximum atomic E-state index is 14.3. The number of hydrogen-bond acceptors (Lipinski definition) is 8. The van der Waals surface area contributed by atoms with E-state index in [0.717, 1.165) is 0 Å². The van der Waals surface area contributed by atoms with Gasteiger partial charge in [-0.2, -0.15) is 9.97 Å². The first-order valence-electron chi connectivity index (χ1n) is 13.0. The van der Waals surface area contributed by atoms with Gasteiger partial charge in [0.15, 0.2) is 22.8 Å². The van der Waals surface area contributed by atoms with Gasteiger partial charge in [-0.25, -0.2) is 23.5 Å². The molecule has 2 aliphatic heterocycles. The molecule has 0 aliphatic carbocycles. The van der Waals surface area contributed by atoms with Crippen molar-refractivity contribution in [2.45, 2.75) is 45.3 Å². The van der Waals surface area contributed by atoms with Gasteiger partial charge in [-0.3, -0.25) is 4.57 Å². The number of morpholine rings is 1. The Bertz CT molecular complexity index is 1520. The fourth-order valence-corrected chi connectivity index (χ4v) is 5.09. The van der Waals surface area contributed by atoms with Gasteiger partial charge in [0.25, 0.3) is 6.43 Å². The standard InChI is InChI=1S/C26H30F2N8O3/c1-26(2,3)39-25(37)34-9-8-16(14-34)35-15-29-19-21(35)31-24(33-10-12-38-13-11-33)32-22(19)36-18-7-5-4-6-17(18)30-23(36)20(27)28/h4-7,15-16,20H,8-14H2,1-3H3/t16-/m0/s1. The molecule has 0 N–H and O–H groups in total. The molecule has 6 rings (SSSR count). The third-order valence-electron chi connectivity index (χ3n) is 6.89. The minimum atomic E-state index is -2.83. The van der Waals surface area contributed by atoms with Crippen molar-refractivity contribution in [3.63, 3.8) is 0 Å². The van der Waals surface area contributed by atoms with Gasteiger partial charge >= 0.3 is 6.09 Å². The van der Waals surface area contributed by atoms with Crippen molar-refractivity contribution in [1.29, 1.82) is 0 Å². The molecule has 0 saturated carbocycles. The van der Waals surface area contributed by atoms with E-state index in [-0.39, 0.29) is 18.0 Å². The second kappa shape index (κ2) is 9.70. The fraction of sp³-hybridized carbons (Fsp3) is 0.500. The summed E-state index contributed by atoms with van der Waals surface area (Å²) < 4.78 is 42.9. The number of carbonyl (C=O) groups is 1. The van der Waals surface area contributed by atoms with E-state index in [4.69, 9.17) is 19.4 Å². The number of nitrogens with zero attached hydrogens (tertiary/aromatic N) is 8. The number of fused-ring (bicyclic) bond motifs is 2. The van der Waals surface area contributed by atoms with Crippen LogP contribution in [0.2, 0.25) is 0 Å². The molecule has 0 spiro atoms. The summed E-state index contributed by atoms with van der Waals surface area (Å²) in [5.74, 6) is 0.240. The van der Waals surface area contributed by atoms with Gasteiger partial charge in [0, 0.05) is 26.2 Å². The molecule has 1 amide bonds. The van der Waals surface area contributed by atoms with E-state index in [2.05, 4.69) is 9.97 Å². The maximum absolute atomic E-state index is 14.3. The fourth-order valence-electron chi connectivity index (χ4n) is 5.09. The number of imidazole rings is 2. The molecule has 1 atom stereocenters. The van der Waals surface area contributed by atoms with Crippen LogP contribution >= 0.6 is 0 Å². The second-order valence-electron chi connectivity index (χ2n) is 10.7. The van der Waals surface area contributed by atoms with E-state index < -0.39 is 17.9 Å². The number of halogens is 2. The Labute approximate surface area is 223 Å². The molecule has 5 heterocycles. The number of hydrogen-bond donors (Lipinski definition) is 0. The summed E-state index contributed by atoms with van der Waals surface area (Å²) in [4.78, 5) is 34.8. The third-order valence-corrected chi connectivity index (χ3v) is 6.89. The number of likely N-dealkylation sites (tertiary alicyclic amines) is 1. The van der Waals surface area contributed by atoms with Crippen LogP contribution in [-0.2, 0) is 9.47 Å². The molecule has 4 aromatic rings. The molecule has 0 radical (unpaired) electrons. The summed E-state index contributed by atoms with van der Waals surface area (Å²) in [5.41, 5.74) is 1.24. The summed E-state index contributed by atoms with van der Waals surface area (Å²) in [5, 5.41) is 0. The molecule has 0 bridgehead atoms. The Morgan fingerprint density at radius 3 is 2.62 bits per heavy atom. The highest BCUT2D eigenvalue weighted by molar-refractivity contribution is 5.85. The molecule has 1 aromatic carbocycles. The number of amides is 1. The van der Waals surface area contributed by atoms with Crippen molar-refractivity contribution < 1.29 is 23.0 Å². The Morgan fingerprint density at radius 2 is 1.87 bits per heavy atom. The van der Waals surface area contributed by atoms with Gasteiger partial charge in [0.1, 0.15) is 5.60 Å². The summed E-state index contributed by atoms with van der Waals surface area (Å²) in [6, 6.07) is 6.86. The van der Waals surface area contributed by atoms with Crippen molar-refractivity contribution in [2.24, 2.45) is 0 Å². The summed E-state index contributed by atoms with van der Waals surface area (Å²) in [6.45, 7) is 8.61. The van der Waals surface area contributed by atoms with Gasteiger partial charge in [-0.15, -0.1) is 0 Å². The zero-order valence-electron chi connectivity index (χ0n) is 22.0. The lowest BCUT2D eigenvalue weighted by Gasteiger charge is -2.27. The molecule has 2 fully saturated rings. The number of carbonyl (C=O) groups excluding carboxylic acids is 1. The highest BCUT2D eigenvalue weighted by Gasteiger charge is 2.33. The van der Waals surface area contributed by atoms with Crippen LogP contribution in [-0.4, -0.2) is 85.1 Å². The number of alkyl halides is 2. The molecule has 11 nitrogen and oxygen atoms in total. The maximum Gasteiger partial charge on any atom is 0.410 e. The lowest BCUT2D eigenvalue weighted by molar-refractivity contribution is 0.0289. The van der Waals surface area contributed by atoms with Crippen molar-refractivity contribution >= 4 is 34.2 Å². The van der Waals surface area contributed by atoms with Crippen LogP contribution < -0.4 is 4.90 Å². The molecule has 3 aromatic heterocycles. The minimum absolute atomic E-state index is 0.114. The third kappa shape index (κ3) is 4.75. The van der Waals surface area contributed by atoms with E-state index in [1.807, 2.05) is 30.2 Å². The van der Waals surface area contributed by atoms with Crippen LogP contribution in [0, 0.1) is 0 Å². The number of anilines is 1. The Balaban J connectivity index is 1.47. The molecule has 2 aliphatic rings. The first kappa shape index (κ1) is 25.4. The lowest BCUT2D eigenvalue weighted by Crippen LogP contribution is -2.37. The van der Waals surface area contributed by atoms with Crippen LogP contribution in [0.1, 0.15) is 45.5 Å². The topological polar surface area (TPSA) is 103 Å². The molecule has 2 saturated heterocycles. The largest absolute Gasteiger partial charge is 0.444 e. The van der Waals surface area contributed by atoms with E-state index in [1.165, 1.54) is 4.57 Å². The zero-order chi connectivity index (χ0) is 27.3. The number of benzene rings is 1. The average molecular weight is 541 g/mol. The first-order chi connectivity index (χ1) is 18.7. The van der Waals surface area contributed by atoms with Gasteiger partial charge in [0.05, 0.1) is 36.6 Å². The molecule has 0 unspecified atom stereocenters. The number of ether oxygens (including phenoxy) is 2. The lowest BCUT2D eigenvalue weighted by atomic mass is 10.2. The van der Waals surface area contributed by atoms with E-state index in [9.17, 15) is 13.6 Å². The summed E-state index contributed by atoms with van der Waals surface area (Å²) in [6.07, 6.45) is -0.873. The predicted octanol–water partition coefficient (Wildman–Crippen LogP) is 4.12. The first-order valence-corrected chi connectivity index (χ1v) is 13.0. The predicted molar refractivity (Wildman–Crippen MR) is 139 cm³/mol. The van der Waals surface area contributed by atoms with E-state index in [1.54, 1.807) is 35.5 Å².